The molecule has 3 aromatic rings. The molecule has 4 heterocycles. The molecule has 3 aromatic heterocycles. The Morgan fingerprint density at radius 3 is 2.96 bits per heavy atom. The van der Waals surface area contributed by atoms with Gasteiger partial charge < -0.3 is 4.90 Å². The van der Waals surface area contributed by atoms with Gasteiger partial charge in [-0.05, 0) is 31.0 Å². The Labute approximate surface area is 147 Å². The van der Waals surface area contributed by atoms with E-state index in [1.54, 1.807) is 22.8 Å². The van der Waals surface area contributed by atoms with E-state index in [0.29, 0.717) is 23.1 Å². The topological polar surface area (TPSA) is 59.2 Å². The smallest absolute Gasteiger partial charge is 0.280 e. The van der Waals surface area contributed by atoms with Crippen LogP contribution in [0.4, 0.5) is 14.6 Å². The molecule has 1 saturated heterocycles. The zero-order chi connectivity index (χ0) is 17.4. The molecule has 9 heteroatoms. The first-order chi connectivity index (χ1) is 12.1. The van der Waals surface area contributed by atoms with Crippen molar-refractivity contribution in [3.8, 4) is 0 Å². The van der Waals surface area contributed by atoms with Crippen LogP contribution >= 0.6 is 11.6 Å². The molecule has 4 rings (SSSR count). The molecule has 1 aliphatic rings. The minimum Gasteiger partial charge on any atom is -0.355 e. The fourth-order valence-electron chi connectivity index (χ4n) is 3.28. The monoisotopic (exact) mass is 364 g/mol. The van der Waals surface area contributed by atoms with Crippen LogP contribution in [-0.2, 0) is 0 Å². The fraction of sp³-hybridized carbons (Fsp3) is 0.375. The van der Waals surface area contributed by atoms with Crippen molar-refractivity contribution in [2.45, 2.75) is 25.2 Å². The van der Waals surface area contributed by atoms with Crippen molar-refractivity contribution in [1.29, 1.82) is 0 Å². The zero-order valence-electron chi connectivity index (χ0n) is 13.2. The van der Waals surface area contributed by atoms with E-state index in [4.69, 9.17) is 11.6 Å². The molecule has 0 radical (unpaired) electrons. The molecule has 1 fully saturated rings. The van der Waals surface area contributed by atoms with Gasteiger partial charge in [0.2, 0.25) is 0 Å². The average molecular weight is 365 g/mol. The van der Waals surface area contributed by atoms with E-state index < -0.39 is 6.43 Å². The summed E-state index contributed by atoms with van der Waals surface area (Å²) >= 11 is 6.25. The lowest BCUT2D eigenvalue weighted by molar-refractivity contribution is 0.146. The molecule has 25 heavy (non-hydrogen) atoms. The second-order valence-electron chi connectivity index (χ2n) is 5.97. The van der Waals surface area contributed by atoms with Crippen LogP contribution in [0, 0.1) is 0 Å². The minimum absolute atomic E-state index is 0.0107. The Morgan fingerprint density at radius 2 is 2.16 bits per heavy atom. The number of alkyl halides is 2. The van der Waals surface area contributed by atoms with Crippen LogP contribution in [0.2, 0.25) is 5.02 Å². The molecule has 0 spiro atoms. The minimum atomic E-state index is -2.65. The van der Waals surface area contributed by atoms with Crippen molar-refractivity contribution in [1.82, 2.24) is 24.6 Å². The van der Waals surface area contributed by atoms with Gasteiger partial charge in [0, 0.05) is 25.2 Å². The number of anilines is 1. The maximum atomic E-state index is 13.2. The summed E-state index contributed by atoms with van der Waals surface area (Å²) in [5, 5.41) is 4.73. The largest absolute Gasteiger partial charge is 0.355 e. The van der Waals surface area contributed by atoms with Gasteiger partial charge in [-0.15, -0.1) is 0 Å². The first-order valence-electron chi connectivity index (χ1n) is 7.97. The SMILES string of the molecule is FC(F)c1cc([C@H]2CCCN(c3ncccc3Cl)C2)n2ncnc2n1. The molecule has 1 aliphatic heterocycles. The highest BCUT2D eigenvalue weighted by Gasteiger charge is 2.27. The zero-order valence-corrected chi connectivity index (χ0v) is 13.9. The lowest BCUT2D eigenvalue weighted by Crippen LogP contribution is -2.36. The van der Waals surface area contributed by atoms with E-state index in [1.165, 1.54) is 12.4 Å². The Morgan fingerprint density at radius 1 is 1.28 bits per heavy atom. The predicted octanol–water partition coefficient (Wildman–Crippen LogP) is 3.49. The maximum Gasteiger partial charge on any atom is 0.280 e. The number of halogens is 3. The molecule has 1 atom stereocenters. The lowest BCUT2D eigenvalue weighted by Gasteiger charge is -2.34. The fourth-order valence-corrected chi connectivity index (χ4v) is 3.52. The molecule has 0 saturated carbocycles. The first-order valence-corrected chi connectivity index (χ1v) is 8.35. The van der Waals surface area contributed by atoms with Crippen LogP contribution in [0.15, 0.2) is 30.7 Å². The number of hydrogen-bond donors (Lipinski definition) is 0. The summed E-state index contributed by atoms with van der Waals surface area (Å²) in [6, 6.07) is 5.01. The molecule has 0 aromatic carbocycles. The number of aromatic nitrogens is 5. The van der Waals surface area contributed by atoms with Crippen molar-refractivity contribution in [3.05, 3.63) is 47.1 Å². The molecular formula is C16H15ClF2N6. The molecular weight excluding hydrogens is 350 g/mol. The van der Waals surface area contributed by atoms with Gasteiger partial charge in [-0.2, -0.15) is 10.1 Å². The van der Waals surface area contributed by atoms with E-state index in [2.05, 4.69) is 25.0 Å². The maximum absolute atomic E-state index is 13.2. The van der Waals surface area contributed by atoms with Gasteiger partial charge >= 0.3 is 0 Å². The summed E-state index contributed by atoms with van der Waals surface area (Å²) < 4.78 is 27.9. The van der Waals surface area contributed by atoms with Crippen molar-refractivity contribution >= 4 is 23.2 Å². The van der Waals surface area contributed by atoms with E-state index in [0.717, 1.165) is 19.4 Å². The van der Waals surface area contributed by atoms with Crippen molar-refractivity contribution in [2.24, 2.45) is 0 Å². The molecule has 0 N–H and O–H groups in total. The highest BCUT2D eigenvalue weighted by molar-refractivity contribution is 6.32. The summed E-state index contributed by atoms with van der Waals surface area (Å²) in [7, 11) is 0. The number of piperidine rings is 1. The van der Waals surface area contributed by atoms with E-state index in [-0.39, 0.29) is 17.4 Å². The van der Waals surface area contributed by atoms with Gasteiger partial charge in [-0.1, -0.05) is 11.6 Å². The van der Waals surface area contributed by atoms with Crippen LogP contribution in [0.1, 0.15) is 36.6 Å². The van der Waals surface area contributed by atoms with Gasteiger partial charge in [0.05, 0.1) is 10.7 Å². The third kappa shape index (κ3) is 3.02. The highest BCUT2D eigenvalue weighted by Crippen LogP contribution is 2.33. The number of nitrogens with zero attached hydrogens (tertiary/aromatic N) is 6. The number of fused-ring (bicyclic) bond motifs is 1. The van der Waals surface area contributed by atoms with Crippen molar-refractivity contribution in [3.63, 3.8) is 0 Å². The van der Waals surface area contributed by atoms with Crippen LogP contribution in [0.3, 0.4) is 0 Å². The molecule has 130 valence electrons. The van der Waals surface area contributed by atoms with Gasteiger partial charge in [0.15, 0.2) is 0 Å². The highest BCUT2D eigenvalue weighted by atomic mass is 35.5. The summed E-state index contributed by atoms with van der Waals surface area (Å²) in [5.41, 5.74) is 0.415. The molecule has 0 aliphatic carbocycles. The van der Waals surface area contributed by atoms with Crippen molar-refractivity contribution in [2.75, 3.05) is 18.0 Å². The number of rotatable bonds is 3. The summed E-state index contributed by atoms with van der Waals surface area (Å²) in [6.45, 7) is 1.44. The second-order valence-corrected chi connectivity index (χ2v) is 6.38. The summed E-state index contributed by atoms with van der Waals surface area (Å²) in [5.74, 6) is 0.921. The third-order valence-corrected chi connectivity index (χ3v) is 4.70. The first kappa shape index (κ1) is 16.1. The molecule has 0 unspecified atom stereocenters. The molecule has 0 amide bonds. The quantitative estimate of drug-likeness (QED) is 0.712. The van der Waals surface area contributed by atoms with E-state index in [1.807, 2.05) is 0 Å². The Kier molecular flexibility index (Phi) is 4.20. The van der Waals surface area contributed by atoms with Crippen LogP contribution < -0.4 is 4.90 Å². The Balaban J connectivity index is 1.71. The summed E-state index contributed by atoms with van der Waals surface area (Å²) in [4.78, 5) is 14.3. The van der Waals surface area contributed by atoms with Gasteiger partial charge in [0.1, 0.15) is 17.8 Å². The van der Waals surface area contributed by atoms with Crippen LogP contribution in [0.5, 0.6) is 0 Å². The van der Waals surface area contributed by atoms with Gasteiger partial charge in [-0.25, -0.2) is 23.3 Å². The Bertz CT molecular complexity index is 899. The van der Waals surface area contributed by atoms with E-state index in [9.17, 15) is 8.78 Å². The van der Waals surface area contributed by atoms with Gasteiger partial charge in [0.25, 0.3) is 12.2 Å². The van der Waals surface area contributed by atoms with Crippen LogP contribution in [0.25, 0.3) is 5.78 Å². The predicted molar refractivity (Wildman–Crippen MR) is 89.2 cm³/mol. The Hall–Kier alpha value is -2.35. The number of hydrogen-bond acceptors (Lipinski definition) is 5. The molecule has 6 nitrogen and oxygen atoms in total. The normalized spacial score (nSPS) is 18.2. The van der Waals surface area contributed by atoms with Crippen molar-refractivity contribution < 1.29 is 8.78 Å². The third-order valence-electron chi connectivity index (χ3n) is 4.40. The van der Waals surface area contributed by atoms with E-state index >= 15 is 0 Å². The van der Waals surface area contributed by atoms with Crippen LogP contribution in [-0.4, -0.2) is 37.7 Å². The molecule has 0 bridgehead atoms. The van der Waals surface area contributed by atoms with Gasteiger partial charge in [-0.3, -0.25) is 0 Å². The lowest BCUT2D eigenvalue weighted by atomic mass is 9.94. The average Bonchev–Trinajstić information content (AvgIpc) is 3.10. The number of pyridine rings is 1. The summed E-state index contributed by atoms with van der Waals surface area (Å²) in [6.07, 6.45) is 2.15. The standard InChI is InChI=1S/C16H15ClF2N6/c17-11-4-1-5-20-15(11)24-6-2-3-10(8-24)13-7-12(14(18)19)23-16-21-9-22-25(13)16/h1,4-5,7,9-10,14H,2-3,6,8H2/t10-/m0/s1. The second kappa shape index (κ2) is 6.51.